The molecule has 1 aromatic carbocycles. The normalized spacial score (nSPS) is 10.6. The van der Waals surface area contributed by atoms with Gasteiger partial charge in [0.15, 0.2) is 5.82 Å². The highest BCUT2D eigenvalue weighted by molar-refractivity contribution is 6.35. The Bertz CT molecular complexity index is 761. The van der Waals surface area contributed by atoms with Crippen molar-refractivity contribution in [2.24, 2.45) is 0 Å². The molecule has 0 unspecified atom stereocenters. The predicted octanol–water partition coefficient (Wildman–Crippen LogP) is 3.81. The maximum Gasteiger partial charge on any atom is 0.225 e. The number of nitriles is 1. The molecule has 0 spiro atoms. The summed E-state index contributed by atoms with van der Waals surface area (Å²) in [7, 11) is 0. The number of rotatable bonds is 3. The topological polar surface area (TPSA) is 61.9 Å². The highest BCUT2D eigenvalue weighted by Crippen LogP contribution is 2.30. The van der Waals surface area contributed by atoms with Crippen molar-refractivity contribution in [1.82, 2.24) is 9.78 Å². The maximum atomic E-state index is 12.0. The molecule has 22 heavy (non-hydrogen) atoms. The first-order valence-electron chi connectivity index (χ1n) is 6.60. The molecule has 1 heterocycles. The monoisotopic (exact) mass is 336 g/mol. The third-order valence-electron chi connectivity index (χ3n) is 3.09. The zero-order chi connectivity index (χ0) is 16.4. The minimum atomic E-state index is -0.182. The minimum Gasteiger partial charge on any atom is -0.293 e. The Labute approximate surface area is 138 Å². The summed E-state index contributed by atoms with van der Waals surface area (Å²) in [5, 5.41) is 14.4. The van der Waals surface area contributed by atoms with Gasteiger partial charge in [0.2, 0.25) is 5.91 Å². The molecule has 0 aliphatic heterocycles. The van der Waals surface area contributed by atoms with E-state index in [1.54, 1.807) is 18.2 Å². The first-order valence-corrected chi connectivity index (χ1v) is 7.35. The molecule has 7 heteroatoms. The Hall–Kier alpha value is -2.03. The Kier molecular flexibility index (Phi) is 4.74. The number of halogens is 2. The van der Waals surface area contributed by atoms with Gasteiger partial charge in [0.25, 0.3) is 0 Å². The number of carbonyl (C=O) groups is 1. The summed E-state index contributed by atoms with van der Waals surface area (Å²) in [6.07, 6.45) is 1.42. The van der Waals surface area contributed by atoms with Gasteiger partial charge in [0, 0.05) is 18.0 Å². The number of anilines is 1. The minimum absolute atomic E-state index is 0.133. The maximum absolute atomic E-state index is 12.0. The lowest BCUT2D eigenvalue weighted by atomic mass is 10.2. The second-order valence-electron chi connectivity index (χ2n) is 4.98. The van der Waals surface area contributed by atoms with Crippen molar-refractivity contribution in [2.45, 2.75) is 26.8 Å². The lowest BCUT2D eigenvalue weighted by Gasteiger charge is -2.26. The van der Waals surface area contributed by atoms with E-state index >= 15 is 0 Å². The van der Waals surface area contributed by atoms with Gasteiger partial charge < -0.3 is 0 Å². The SMILES string of the molecule is CC(=O)N(c1c(C#N)cnn1-c1ccc(Cl)cc1Cl)C(C)C. The van der Waals surface area contributed by atoms with Gasteiger partial charge in [-0.2, -0.15) is 10.4 Å². The number of hydrogen-bond acceptors (Lipinski definition) is 3. The molecule has 1 aromatic heterocycles. The molecule has 2 rings (SSSR count). The molecule has 0 aliphatic carbocycles. The van der Waals surface area contributed by atoms with Gasteiger partial charge in [-0.25, -0.2) is 4.68 Å². The Morgan fingerprint density at radius 3 is 2.59 bits per heavy atom. The molecule has 0 saturated carbocycles. The van der Waals surface area contributed by atoms with E-state index in [1.165, 1.54) is 22.7 Å². The zero-order valence-corrected chi connectivity index (χ0v) is 13.9. The van der Waals surface area contributed by atoms with E-state index in [4.69, 9.17) is 23.2 Å². The number of benzene rings is 1. The van der Waals surface area contributed by atoms with Crippen LogP contribution in [0.3, 0.4) is 0 Å². The molecule has 0 saturated heterocycles. The molecule has 0 fully saturated rings. The van der Waals surface area contributed by atoms with Crippen LogP contribution in [-0.4, -0.2) is 21.7 Å². The summed E-state index contributed by atoms with van der Waals surface area (Å²) < 4.78 is 1.48. The van der Waals surface area contributed by atoms with E-state index in [-0.39, 0.29) is 11.9 Å². The van der Waals surface area contributed by atoms with Gasteiger partial charge in [0.05, 0.1) is 16.9 Å². The van der Waals surface area contributed by atoms with Crippen LogP contribution in [0.4, 0.5) is 5.82 Å². The van der Waals surface area contributed by atoms with Crippen molar-refractivity contribution in [3.8, 4) is 11.8 Å². The van der Waals surface area contributed by atoms with Crippen LogP contribution < -0.4 is 4.90 Å². The third-order valence-corrected chi connectivity index (χ3v) is 3.62. The van der Waals surface area contributed by atoms with Gasteiger partial charge >= 0.3 is 0 Å². The van der Waals surface area contributed by atoms with Crippen LogP contribution in [0.15, 0.2) is 24.4 Å². The standard InChI is InChI=1S/C15H14Cl2N4O/c1-9(2)20(10(3)22)15-11(7-18)8-19-21(15)14-5-4-12(16)6-13(14)17/h4-6,8-9H,1-3H3. The van der Waals surface area contributed by atoms with Crippen LogP contribution in [0.5, 0.6) is 0 Å². The predicted molar refractivity (Wildman–Crippen MR) is 86.6 cm³/mol. The number of carbonyl (C=O) groups excluding carboxylic acids is 1. The van der Waals surface area contributed by atoms with Crippen molar-refractivity contribution in [3.63, 3.8) is 0 Å². The van der Waals surface area contributed by atoms with Gasteiger partial charge in [-0.1, -0.05) is 23.2 Å². The summed E-state index contributed by atoms with van der Waals surface area (Å²) in [5.74, 6) is 0.215. The van der Waals surface area contributed by atoms with E-state index < -0.39 is 0 Å². The highest BCUT2D eigenvalue weighted by Gasteiger charge is 2.25. The average molecular weight is 337 g/mol. The Morgan fingerprint density at radius 2 is 2.09 bits per heavy atom. The molecular formula is C15H14Cl2N4O. The van der Waals surface area contributed by atoms with Gasteiger partial charge in [-0.15, -0.1) is 0 Å². The fourth-order valence-corrected chi connectivity index (χ4v) is 2.73. The van der Waals surface area contributed by atoms with Crippen molar-refractivity contribution >= 4 is 34.9 Å². The van der Waals surface area contributed by atoms with Gasteiger partial charge in [0.1, 0.15) is 11.6 Å². The van der Waals surface area contributed by atoms with E-state index in [0.717, 1.165) is 0 Å². The fourth-order valence-electron chi connectivity index (χ4n) is 2.24. The van der Waals surface area contributed by atoms with Crippen LogP contribution in [0.1, 0.15) is 26.3 Å². The van der Waals surface area contributed by atoms with Crippen LogP contribution >= 0.6 is 23.2 Å². The largest absolute Gasteiger partial charge is 0.293 e. The molecule has 2 aromatic rings. The zero-order valence-electron chi connectivity index (χ0n) is 12.3. The number of hydrogen-bond donors (Lipinski definition) is 0. The van der Waals surface area contributed by atoms with Crippen molar-refractivity contribution in [1.29, 1.82) is 5.26 Å². The summed E-state index contributed by atoms with van der Waals surface area (Å²) in [6, 6.07) is 6.88. The fraction of sp³-hybridized carbons (Fsp3) is 0.267. The first kappa shape index (κ1) is 16.3. The van der Waals surface area contributed by atoms with Crippen molar-refractivity contribution in [3.05, 3.63) is 40.0 Å². The van der Waals surface area contributed by atoms with Gasteiger partial charge in [-0.3, -0.25) is 9.69 Å². The second kappa shape index (κ2) is 6.39. The van der Waals surface area contributed by atoms with E-state index in [0.29, 0.717) is 27.1 Å². The second-order valence-corrected chi connectivity index (χ2v) is 5.83. The molecule has 5 nitrogen and oxygen atoms in total. The Balaban J connectivity index is 2.71. The smallest absolute Gasteiger partial charge is 0.225 e. The third kappa shape index (κ3) is 2.94. The van der Waals surface area contributed by atoms with Crippen molar-refractivity contribution in [2.75, 3.05) is 4.90 Å². The van der Waals surface area contributed by atoms with Crippen LogP contribution in [-0.2, 0) is 4.79 Å². The number of amides is 1. The van der Waals surface area contributed by atoms with E-state index in [1.807, 2.05) is 13.8 Å². The summed E-state index contributed by atoms with van der Waals surface area (Å²) in [4.78, 5) is 13.5. The lowest BCUT2D eigenvalue weighted by Crippen LogP contribution is -2.37. The molecule has 0 radical (unpaired) electrons. The highest BCUT2D eigenvalue weighted by atomic mass is 35.5. The quantitative estimate of drug-likeness (QED) is 0.855. The average Bonchev–Trinajstić information content (AvgIpc) is 2.81. The molecule has 0 aliphatic rings. The van der Waals surface area contributed by atoms with E-state index in [9.17, 15) is 10.1 Å². The molecule has 1 amide bonds. The van der Waals surface area contributed by atoms with Crippen LogP contribution in [0.2, 0.25) is 10.0 Å². The summed E-state index contributed by atoms with van der Waals surface area (Å²) in [6.45, 7) is 5.18. The first-order chi connectivity index (χ1) is 10.4. The lowest BCUT2D eigenvalue weighted by molar-refractivity contribution is -0.116. The van der Waals surface area contributed by atoms with E-state index in [2.05, 4.69) is 11.2 Å². The van der Waals surface area contributed by atoms with Crippen LogP contribution in [0, 0.1) is 11.3 Å². The molecule has 0 bridgehead atoms. The summed E-state index contributed by atoms with van der Waals surface area (Å²) >= 11 is 12.1. The van der Waals surface area contributed by atoms with Crippen molar-refractivity contribution < 1.29 is 4.79 Å². The molecule has 114 valence electrons. The summed E-state index contributed by atoms with van der Waals surface area (Å²) in [5.41, 5.74) is 0.851. The molecule has 0 atom stereocenters. The number of nitrogens with zero attached hydrogens (tertiary/aromatic N) is 4. The molecule has 0 N–H and O–H groups in total. The molecular weight excluding hydrogens is 323 g/mol. The Morgan fingerprint density at radius 1 is 1.41 bits per heavy atom. The number of aromatic nitrogens is 2. The van der Waals surface area contributed by atoms with Crippen LogP contribution in [0.25, 0.3) is 5.69 Å². The van der Waals surface area contributed by atoms with Gasteiger partial charge in [-0.05, 0) is 32.0 Å².